The lowest BCUT2D eigenvalue weighted by Crippen LogP contribution is -2.29. The molecule has 1 aromatic rings. The summed E-state index contributed by atoms with van der Waals surface area (Å²) in [7, 11) is 0. The van der Waals surface area contributed by atoms with Crippen LogP contribution in [0.1, 0.15) is 12.8 Å². The third-order valence-electron chi connectivity index (χ3n) is 2.04. The van der Waals surface area contributed by atoms with Crippen molar-refractivity contribution < 1.29 is 4.79 Å². The molecule has 1 aliphatic carbocycles. The van der Waals surface area contributed by atoms with Crippen molar-refractivity contribution in [2.75, 3.05) is 18.4 Å². The van der Waals surface area contributed by atoms with Crippen molar-refractivity contribution in [3.63, 3.8) is 0 Å². The predicted molar refractivity (Wildman–Crippen MR) is 54.1 cm³/mol. The maximum Gasteiger partial charge on any atom is 0.239 e. The number of hydrogen-bond acceptors (Lipinski definition) is 5. The second-order valence-corrected chi connectivity index (χ2v) is 4.19. The minimum Gasteiger partial charge on any atom is -0.314 e. The molecule has 1 amide bonds. The van der Waals surface area contributed by atoms with Crippen LogP contribution in [-0.4, -0.2) is 28.6 Å². The van der Waals surface area contributed by atoms with Gasteiger partial charge in [0.2, 0.25) is 5.91 Å². The van der Waals surface area contributed by atoms with Gasteiger partial charge in [0.15, 0.2) is 0 Å². The molecule has 1 aromatic heterocycles. The average molecular weight is 212 g/mol. The van der Waals surface area contributed by atoms with Gasteiger partial charge in [-0.1, -0.05) is 4.49 Å². The summed E-state index contributed by atoms with van der Waals surface area (Å²) < 4.78 is 3.65. The fourth-order valence-corrected chi connectivity index (χ4v) is 1.55. The van der Waals surface area contributed by atoms with E-state index in [1.807, 2.05) is 0 Å². The highest BCUT2D eigenvalue weighted by molar-refractivity contribution is 7.10. The van der Waals surface area contributed by atoms with E-state index in [1.165, 1.54) is 24.4 Å². The van der Waals surface area contributed by atoms with Crippen LogP contribution in [-0.2, 0) is 4.79 Å². The largest absolute Gasteiger partial charge is 0.314 e. The molecule has 5 nitrogen and oxygen atoms in total. The Bertz CT molecular complexity index is 296. The molecule has 1 fully saturated rings. The van der Waals surface area contributed by atoms with Gasteiger partial charge in [0.1, 0.15) is 5.00 Å². The smallest absolute Gasteiger partial charge is 0.239 e. The summed E-state index contributed by atoms with van der Waals surface area (Å²) in [5.41, 5.74) is 0. The molecule has 0 unspecified atom stereocenters. The van der Waals surface area contributed by atoms with Gasteiger partial charge in [-0.2, -0.15) is 0 Å². The molecule has 1 heterocycles. The highest BCUT2D eigenvalue weighted by Gasteiger charge is 2.20. The molecule has 0 radical (unpaired) electrons. The fraction of sp³-hybridized carbons (Fsp3) is 0.625. The van der Waals surface area contributed by atoms with E-state index in [1.54, 1.807) is 6.20 Å². The van der Waals surface area contributed by atoms with Crippen LogP contribution in [0, 0.1) is 5.92 Å². The Balaban J connectivity index is 1.62. The maximum atomic E-state index is 11.3. The zero-order chi connectivity index (χ0) is 9.80. The van der Waals surface area contributed by atoms with E-state index in [0.717, 1.165) is 12.5 Å². The summed E-state index contributed by atoms with van der Waals surface area (Å²) in [6.45, 7) is 1.32. The lowest BCUT2D eigenvalue weighted by atomic mass is 10.4. The van der Waals surface area contributed by atoms with Crippen LogP contribution in [0.4, 0.5) is 5.00 Å². The lowest BCUT2D eigenvalue weighted by Gasteiger charge is -2.02. The molecule has 14 heavy (non-hydrogen) atoms. The van der Waals surface area contributed by atoms with Gasteiger partial charge in [0.05, 0.1) is 12.7 Å². The van der Waals surface area contributed by atoms with Crippen LogP contribution >= 0.6 is 11.5 Å². The predicted octanol–water partition coefficient (Wildman–Crippen LogP) is 0.476. The Hall–Kier alpha value is -1.01. The summed E-state index contributed by atoms with van der Waals surface area (Å²) in [6, 6.07) is 0. The second kappa shape index (κ2) is 4.47. The molecule has 1 aliphatic rings. The number of carbonyl (C=O) groups is 1. The molecular weight excluding hydrogens is 200 g/mol. The number of nitrogens with zero attached hydrogens (tertiary/aromatic N) is 2. The monoisotopic (exact) mass is 212 g/mol. The SMILES string of the molecule is O=C(CNCC1CC1)Nc1cnns1. The molecule has 0 bridgehead atoms. The molecule has 0 atom stereocenters. The second-order valence-electron chi connectivity index (χ2n) is 3.40. The molecular formula is C8H12N4OS. The van der Waals surface area contributed by atoms with E-state index in [9.17, 15) is 4.79 Å². The number of carbonyl (C=O) groups excluding carboxylic acids is 1. The summed E-state index contributed by atoms with van der Waals surface area (Å²) in [4.78, 5) is 11.3. The highest BCUT2D eigenvalue weighted by Crippen LogP contribution is 2.27. The molecule has 0 aromatic carbocycles. The van der Waals surface area contributed by atoms with Crippen molar-refractivity contribution in [3.05, 3.63) is 6.20 Å². The first kappa shape index (κ1) is 9.54. The summed E-state index contributed by atoms with van der Waals surface area (Å²) in [5, 5.41) is 10.1. The van der Waals surface area contributed by atoms with E-state index >= 15 is 0 Å². The van der Waals surface area contributed by atoms with Crippen LogP contribution in [0.15, 0.2) is 6.20 Å². The first-order chi connectivity index (χ1) is 6.84. The number of anilines is 1. The van der Waals surface area contributed by atoms with Crippen molar-refractivity contribution in [1.82, 2.24) is 14.9 Å². The first-order valence-corrected chi connectivity index (χ1v) is 5.40. The number of hydrogen-bond donors (Lipinski definition) is 2. The van der Waals surface area contributed by atoms with Crippen LogP contribution < -0.4 is 10.6 Å². The van der Waals surface area contributed by atoms with Crippen LogP contribution in [0.3, 0.4) is 0 Å². The van der Waals surface area contributed by atoms with Crippen molar-refractivity contribution in [2.24, 2.45) is 5.92 Å². The van der Waals surface area contributed by atoms with Gasteiger partial charge < -0.3 is 10.6 Å². The standard InChI is InChI=1S/C8H12N4OS/c13-7(4-9-3-6-1-2-6)11-8-5-10-12-14-8/h5-6,9H,1-4H2,(H,11,13). The van der Waals surface area contributed by atoms with E-state index in [4.69, 9.17) is 0 Å². The molecule has 0 aliphatic heterocycles. The van der Waals surface area contributed by atoms with Gasteiger partial charge in [-0.05, 0) is 25.3 Å². The van der Waals surface area contributed by atoms with Crippen LogP contribution in [0.25, 0.3) is 0 Å². The van der Waals surface area contributed by atoms with Gasteiger partial charge >= 0.3 is 0 Å². The van der Waals surface area contributed by atoms with Crippen molar-refractivity contribution in [2.45, 2.75) is 12.8 Å². The Morgan fingerprint density at radius 1 is 1.64 bits per heavy atom. The van der Waals surface area contributed by atoms with Gasteiger partial charge in [-0.15, -0.1) is 5.10 Å². The third kappa shape index (κ3) is 3.04. The van der Waals surface area contributed by atoms with Crippen LogP contribution in [0.5, 0.6) is 0 Å². The van der Waals surface area contributed by atoms with E-state index in [0.29, 0.717) is 11.5 Å². The first-order valence-electron chi connectivity index (χ1n) is 4.62. The molecule has 0 saturated heterocycles. The zero-order valence-electron chi connectivity index (χ0n) is 7.69. The number of aromatic nitrogens is 2. The molecule has 76 valence electrons. The summed E-state index contributed by atoms with van der Waals surface area (Å²) >= 11 is 1.18. The topological polar surface area (TPSA) is 66.9 Å². The van der Waals surface area contributed by atoms with Crippen LogP contribution in [0.2, 0.25) is 0 Å². The molecule has 6 heteroatoms. The zero-order valence-corrected chi connectivity index (χ0v) is 8.51. The van der Waals surface area contributed by atoms with Gasteiger partial charge in [-0.3, -0.25) is 4.79 Å². The number of amides is 1. The van der Waals surface area contributed by atoms with Crippen molar-refractivity contribution in [3.8, 4) is 0 Å². The summed E-state index contributed by atoms with van der Waals surface area (Å²) in [6.07, 6.45) is 4.14. The lowest BCUT2D eigenvalue weighted by molar-refractivity contribution is -0.115. The third-order valence-corrected chi connectivity index (χ3v) is 2.62. The van der Waals surface area contributed by atoms with E-state index in [2.05, 4.69) is 20.2 Å². The molecule has 1 saturated carbocycles. The average Bonchev–Trinajstić information content (AvgIpc) is 2.83. The highest BCUT2D eigenvalue weighted by atomic mass is 32.1. The Labute approximate surface area is 86.1 Å². The molecule has 0 spiro atoms. The minimum atomic E-state index is -0.0308. The Morgan fingerprint density at radius 3 is 3.14 bits per heavy atom. The number of nitrogens with one attached hydrogen (secondary N) is 2. The number of rotatable bonds is 5. The quantitative estimate of drug-likeness (QED) is 0.745. The van der Waals surface area contributed by atoms with Crippen molar-refractivity contribution in [1.29, 1.82) is 0 Å². The van der Waals surface area contributed by atoms with Gasteiger partial charge in [0.25, 0.3) is 0 Å². The Morgan fingerprint density at radius 2 is 2.50 bits per heavy atom. The van der Waals surface area contributed by atoms with E-state index in [-0.39, 0.29) is 5.91 Å². The molecule has 2 N–H and O–H groups in total. The molecule has 2 rings (SSSR count). The van der Waals surface area contributed by atoms with Gasteiger partial charge in [0, 0.05) is 11.5 Å². The normalized spacial score (nSPS) is 15.4. The minimum absolute atomic E-state index is 0.0308. The van der Waals surface area contributed by atoms with E-state index < -0.39 is 0 Å². The fourth-order valence-electron chi connectivity index (χ4n) is 1.12. The van der Waals surface area contributed by atoms with Gasteiger partial charge in [-0.25, -0.2) is 0 Å². The Kier molecular flexibility index (Phi) is 3.05. The van der Waals surface area contributed by atoms with Crippen molar-refractivity contribution >= 4 is 22.4 Å². The summed E-state index contributed by atoms with van der Waals surface area (Å²) in [5.74, 6) is 0.768. The maximum absolute atomic E-state index is 11.3.